The number of fused-ring (bicyclic) bond motifs is 2. The minimum atomic E-state index is 0.950. The van der Waals surface area contributed by atoms with Crippen molar-refractivity contribution >= 4 is 34.9 Å². The minimum absolute atomic E-state index is 0.950. The number of allylic oxidation sites excluding steroid dienone is 6. The summed E-state index contributed by atoms with van der Waals surface area (Å²) in [6.45, 7) is 6.29. The second-order valence-corrected chi connectivity index (χ2v) is 8.61. The molecule has 0 saturated heterocycles. The van der Waals surface area contributed by atoms with E-state index < -0.39 is 0 Å². The molecule has 0 bridgehead atoms. The number of hydrogen-bond donors (Lipinski definition) is 0. The van der Waals surface area contributed by atoms with Crippen molar-refractivity contribution in [1.82, 2.24) is 0 Å². The first-order valence-corrected chi connectivity index (χ1v) is 11.5. The van der Waals surface area contributed by atoms with Crippen LogP contribution in [-0.2, 0) is 0 Å². The van der Waals surface area contributed by atoms with Crippen LogP contribution in [0.4, 0.5) is 11.4 Å². The highest BCUT2D eigenvalue weighted by molar-refractivity contribution is 8.04. The Morgan fingerprint density at radius 3 is 2.10 bits per heavy atom. The van der Waals surface area contributed by atoms with Gasteiger partial charge in [0.25, 0.3) is 0 Å². The average Bonchev–Trinajstić information content (AvgIpc) is 3.29. The van der Waals surface area contributed by atoms with Crippen LogP contribution < -0.4 is 9.80 Å². The van der Waals surface area contributed by atoms with Crippen LogP contribution in [-0.4, -0.2) is 13.1 Å². The third-order valence-electron chi connectivity index (χ3n) is 4.75. The van der Waals surface area contributed by atoms with Crippen LogP contribution in [0.25, 0.3) is 0 Å². The molecule has 0 unspecified atom stereocenters. The van der Waals surface area contributed by atoms with E-state index in [4.69, 9.17) is 0 Å². The molecule has 0 amide bonds. The molecule has 0 aromatic heterocycles. The third kappa shape index (κ3) is 4.25. The van der Waals surface area contributed by atoms with E-state index in [1.165, 1.54) is 26.2 Å². The summed E-state index contributed by atoms with van der Waals surface area (Å²) < 4.78 is 0. The summed E-state index contributed by atoms with van der Waals surface area (Å²) >= 11 is 3.61. The maximum absolute atomic E-state index is 3.42. The first kappa shape index (κ1) is 19.8. The van der Waals surface area contributed by atoms with E-state index in [9.17, 15) is 0 Å². The molecule has 0 N–H and O–H groups in total. The molecular weight excluding hydrogens is 392 g/mol. The Bertz CT molecular complexity index is 1040. The molecule has 2 aromatic carbocycles. The van der Waals surface area contributed by atoms with Gasteiger partial charge in [0.15, 0.2) is 0 Å². The molecule has 2 nitrogen and oxygen atoms in total. The van der Waals surface area contributed by atoms with Gasteiger partial charge in [0.1, 0.15) is 5.03 Å². The largest absolute Gasteiger partial charge is 0.335 e. The molecule has 2 aliphatic heterocycles. The van der Waals surface area contributed by atoms with Gasteiger partial charge in [0.05, 0.1) is 16.4 Å². The Morgan fingerprint density at radius 1 is 0.759 bits per heavy atom. The van der Waals surface area contributed by atoms with Crippen molar-refractivity contribution in [2.75, 3.05) is 22.9 Å². The summed E-state index contributed by atoms with van der Waals surface area (Å²) in [6, 6.07) is 17.1. The molecule has 0 aliphatic carbocycles. The molecule has 0 saturated carbocycles. The number of benzene rings is 2. The highest BCUT2D eigenvalue weighted by atomic mass is 32.2. The Morgan fingerprint density at radius 2 is 1.38 bits per heavy atom. The smallest absolute Gasteiger partial charge is 0.124 e. The highest BCUT2D eigenvalue weighted by Crippen LogP contribution is 2.46. The normalized spacial score (nSPS) is 16.8. The van der Waals surface area contributed by atoms with Crippen molar-refractivity contribution in [2.45, 2.75) is 23.6 Å². The molecule has 4 heteroatoms. The predicted molar refractivity (Wildman–Crippen MR) is 129 cm³/mol. The van der Waals surface area contributed by atoms with Gasteiger partial charge >= 0.3 is 0 Å². The van der Waals surface area contributed by atoms with Crippen molar-refractivity contribution in [2.24, 2.45) is 0 Å². The molecule has 0 radical (unpaired) electrons. The fraction of sp³-hybridized carbons (Fsp3) is 0.160. The zero-order valence-electron chi connectivity index (χ0n) is 16.7. The number of anilines is 2. The maximum atomic E-state index is 3.42. The van der Waals surface area contributed by atoms with Gasteiger partial charge in [0, 0.05) is 22.9 Å². The predicted octanol–water partition coefficient (Wildman–Crippen LogP) is 7.20. The Kier molecular flexibility index (Phi) is 6.36. The first-order chi connectivity index (χ1) is 14.3. The van der Waals surface area contributed by atoms with Crippen molar-refractivity contribution in [3.05, 3.63) is 101 Å². The van der Waals surface area contributed by atoms with Gasteiger partial charge in [-0.3, -0.25) is 0 Å². The molecule has 2 aliphatic rings. The first-order valence-electron chi connectivity index (χ1n) is 9.91. The lowest BCUT2D eigenvalue weighted by atomic mass is 10.3. The summed E-state index contributed by atoms with van der Waals surface area (Å²) in [4.78, 5) is 7.29. The van der Waals surface area contributed by atoms with Gasteiger partial charge < -0.3 is 9.80 Å². The van der Waals surface area contributed by atoms with Crippen LogP contribution >= 0.6 is 23.5 Å². The SMILES string of the molecule is CCN1C(=C=CC=CC=CC=C2Sc3ccccc3N2CC)Sc2ccccc21. The van der Waals surface area contributed by atoms with Crippen LogP contribution in [0.15, 0.2) is 111 Å². The van der Waals surface area contributed by atoms with Crippen molar-refractivity contribution in [3.8, 4) is 0 Å². The van der Waals surface area contributed by atoms with Crippen LogP contribution in [0.1, 0.15) is 13.8 Å². The molecule has 29 heavy (non-hydrogen) atoms. The molecule has 0 atom stereocenters. The Labute approximate surface area is 182 Å². The molecule has 2 heterocycles. The second kappa shape index (κ2) is 9.32. The monoisotopic (exact) mass is 416 g/mol. The van der Waals surface area contributed by atoms with Gasteiger partial charge in [-0.05, 0) is 50.3 Å². The standard InChI is InChI=1S/C25H24N2S2/c1-3-26-20-14-10-12-16-22(20)28-24(26)18-8-6-5-7-9-19-25-27(4-2)21-15-11-13-17-23(21)29-25/h5-18H,3-4H2,1-2H3. The van der Waals surface area contributed by atoms with Gasteiger partial charge in [-0.25, -0.2) is 0 Å². The van der Waals surface area contributed by atoms with Crippen molar-refractivity contribution < 1.29 is 0 Å². The van der Waals surface area contributed by atoms with Crippen molar-refractivity contribution in [3.63, 3.8) is 0 Å². The summed E-state index contributed by atoms with van der Waals surface area (Å²) in [5, 5.41) is 2.43. The summed E-state index contributed by atoms with van der Waals surface area (Å²) in [6.07, 6.45) is 12.4. The summed E-state index contributed by atoms with van der Waals surface area (Å²) in [5.41, 5.74) is 6.01. The Hall–Kier alpha value is -2.52. The zero-order valence-corrected chi connectivity index (χ0v) is 18.3. The molecular formula is C25H24N2S2. The van der Waals surface area contributed by atoms with E-state index in [0.717, 1.165) is 18.1 Å². The van der Waals surface area contributed by atoms with E-state index in [1.54, 1.807) is 11.8 Å². The highest BCUT2D eigenvalue weighted by Gasteiger charge is 2.23. The summed E-state index contributed by atoms with van der Waals surface area (Å²) in [5.74, 6) is 0. The fourth-order valence-electron chi connectivity index (χ4n) is 3.40. The van der Waals surface area contributed by atoms with Crippen molar-refractivity contribution in [1.29, 1.82) is 0 Å². The number of nitrogens with zero attached hydrogens (tertiary/aromatic N) is 2. The van der Waals surface area contributed by atoms with Crippen LogP contribution in [0.5, 0.6) is 0 Å². The van der Waals surface area contributed by atoms with E-state index in [1.807, 2.05) is 23.9 Å². The van der Waals surface area contributed by atoms with Gasteiger partial charge in [-0.15, -0.1) is 0 Å². The molecule has 146 valence electrons. The quantitative estimate of drug-likeness (QED) is 0.375. The van der Waals surface area contributed by atoms with E-state index in [2.05, 4.69) is 102 Å². The lowest BCUT2D eigenvalue weighted by Gasteiger charge is -2.17. The van der Waals surface area contributed by atoms with E-state index in [-0.39, 0.29) is 0 Å². The van der Waals surface area contributed by atoms with Crippen LogP contribution in [0.2, 0.25) is 0 Å². The summed E-state index contributed by atoms with van der Waals surface area (Å²) in [7, 11) is 0. The van der Waals surface area contributed by atoms with Gasteiger partial charge in [0.2, 0.25) is 0 Å². The van der Waals surface area contributed by atoms with E-state index >= 15 is 0 Å². The lowest BCUT2D eigenvalue weighted by Crippen LogP contribution is -2.16. The number of thioether (sulfide) groups is 2. The number of para-hydroxylation sites is 2. The number of rotatable bonds is 5. The number of hydrogen-bond acceptors (Lipinski definition) is 4. The molecule has 4 rings (SSSR count). The van der Waals surface area contributed by atoms with Gasteiger partial charge in [-0.2, -0.15) is 0 Å². The average molecular weight is 417 g/mol. The third-order valence-corrected chi connectivity index (χ3v) is 6.98. The minimum Gasteiger partial charge on any atom is -0.335 e. The molecule has 0 spiro atoms. The topological polar surface area (TPSA) is 6.48 Å². The fourth-order valence-corrected chi connectivity index (χ4v) is 5.64. The maximum Gasteiger partial charge on any atom is 0.124 e. The molecule has 2 aromatic rings. The second-order valence-electron chi connectivity index (χ2n) is 6.52. The Balaban J connectivity index is 1.41. The van der Waals surface area contributed by atoms with Crippen LogP contribution in [0.3, 0.4) is 0 Å². The van der Waals surface area contributed by atoms with Gasteiger partial charge in [-0.1, -0.05) is 77.8 Å². The van der Waals surface area contributed by atoms with E-state index in [0.29, 0.717) is 0 Å². The molecule has 0 fully saturated rings. The van der Waals surface area contributed by atoms with Crippen LogP contribution in [0, 0.1) is 0 Å². The lowest BCUT2D eigenvalue weighted by molar-refractivity contribution is 1.00. The zero-order chi connectivity index (χ0) is 20.1.